The number of thiol groups is 1. The first-order chi connectivity index (χ1) is 8.70. The zero-order chi connectivity index (χ0) is 14.7. The van der Waals surface area contributed by atoms with E-state index in [0.29, 0.717) is 18.6 Å². The molecular formula is C14H24FNOS2. The molecule has 2 nitrogen and oxygen atoms in total. The molecule has 0 aromatic heterocycles. The van der Waals surface area contributed by atoms with E-state index in [0.717, 1.165) is 0 Å². The Balaban J connectivity index is 2.91. The van der Waals surface area contributed by atoms with Crippen molar-refractivity contribution in [2.45, 2.75) is 50.8 Å². The lowest BCUT2D eigenvalue weighted by Crippen LogP contribution is -2.56. The monoisotopic (exact) mass is 305 g/mol. The summed E-state index contributed by atoms with van der Waals surface area (Å²) in [7, 11) is 0. The van der Waals surface area contributed by atoms with Crippen molar-refractivity contribution in [2.24, 2.45) is 5.92 Å². The molecule has 3 atom stereocenters. The maximum Gasteiger partial charge on any atom is 0.136 e. The first kappa shape index (κ1) is 17.1. The van der Waals surface area contributed by atoms with E-state index in [1.807, 2.05) is 33.8 Å². The third kappa shape index (κ3) is 4.52. The molecule has 0 bridgehead atoms. The van der Waals surface area contributed by atoms with Gasteiger partial charge in [-0.05, 0) is 52.4 Å². The van der Waals surface area contributed by atoms with Crippen molar-refractivity contribution >= 4 is 24.0 Å². The van der Waals surface area contributed by atoms with Gasteiger partial charge in [-0.1, -0.05) is 12.2 Å². The second kappa shape index (κ2) is 6.66. The van der Waals surface area contributed by atoms with Crippen LogP contribution >= 0.6 is 12.6 Å². The zero-order valence-electron chi connectivity index (χ0n) is 12.1. The fourth-order valence-corrected chi connectivity index (χ4v) is 3.50. The Hall–Kier alpha value is 0.0300. The predicted octanol–water partition coefficient (Wildman–Crippen LogP) is 3.55. The van der Waals surface area contributed by atoms with E-state index in [1.54, 1.807) is 6.08 Å². The molecule has 0 fully saturated rings. The fraction of sp³-hybridized carbons (Fsp3) is 0.714. The van der Waals surface area contributed by atoms with E-state index < -0.39 is 16.9 Å². The standard InChI is InChI=1S/C14H24FNOS2/c1-13(2,3)19(17)16-14(4,9-10-18)11-7-5-6-8-12(11)15/h5-6,8,11,16,18H,7,9-10H2,1-4H3/t11?,14-,19?/m0/s1. The molecule has 0 saturated heterocycles. The van der Waals surface area contributed by atoms with Crippen LogP contribution in [-0.2, 0) is 11.4 Å². The van der Waals surface area contributed by atoms with Crippen LogP contribution in [0.3, 0.4) is 0 Å². The lowest BCUT2D eigenvalue weighted by molar-refractivity contribution is 0.257. The lowest BCUT2D eigenvalue weighted by Gasteiger charge is -2.39. The molecule has 0 aromatic carbocycles. The van der Waals surface area contributed by atoms with Gasteiger partial charge in [-0.3, -0.25) is 0 Å². The van der Waals surface area contributed by atoms with Crippen LogP contribution < -0.4 is 4.72 Å². The predicted molar refractivity (Wildman–Crippen MR) is 84.3 cm³/mol. The summed E-state index contributed by atoms with van der Waals surface area (Å²) in [5.74, 6) is 0.194. The molecule has 0 heterocycles. The van der Waals surface area contributed by atoms with E-state index in [-0.39, 0.29) is 16.5 Å². The highest BCUT2D eigenvalue weighted by atomic mass is 32.2. The molecule has 19 heavy (non-hydrogen) atoms. The van der Waals surface area contributed by atoms with Crippen LogP contribution in [0.25, 0.3) is 0 Å². The van der Waals surface area contributed by atoms with Gasteiger partial charge in [0.05, 0.1) is 5.54 Å². The van der Waals surface area contributed by atoms with Crippen LogP contribution in [0.15, 0.2) is 24.1 Å². The van der Waals surface area contributed by atoms with Gasteiger partial charge in [0, 0.05) is 17.3 Å². The summed E-state index contributed by atoms with van der Waals surface area (Å²) in [6.07, 6.45) is 6.46. The van der Waals surface area contributed by atoms with Gasteiger partial charge in [-0.15, -0.1) is 4.72 Å². The van der Waals surface area contributed by atoms with Gasteiger partial charge < -0.3 is 4.55 Å². The van der Waals surface area contributed by atoms with Crippen molar-refractivity contribution in [3.8, 4) is 0 Å². The average molecular weight is 305 g/mol. The minimum absolute atomic E-state index is 0.148. The summed E-state index contributed by atoms with van der Waals surface area (Å²) in [6, 6.07) is 0. The minimum atomic E-state index is -1.23. The van der Waals surface area contributed by atoms with E-state index in [9.17, 15) is 8.94 Å². The van der Waals surface area contributed by atoms with Crippen LogP contribution in [0.2, 0.25) is 0 Å². The molecule has 0 saturated carbocycles. The Labute approximate surface area is 124 Å². The third-order valence-corrected chi connectivity index (χ3v) is 5.37. The number of nitrogens with one attached hydrogen (secondary N) is 1. The molecule has 0 spiro atoms. The summed E-state index contributed by atoms with van der Waals surface area (Å²) in [4.78, 5) is 0. The highest BCUT2D eigenvalue weighted by molar-refractivity contribution is 7.90. The number of halogens is 1. The summed E-state index contributed by atoms with van der Waals surface area (Å²) in [6.45, 7) is 7.66. The third-order valence-electron chi connectivity index (χ3n) is 3.38. The van der Waals surface area contributed by atoms with Crippen LogP contribution in [-0.4, -0.2) is 20.6 Å². The van der Waals surface area contributed by atoms with Gasteiger partial charge in [0.1, 0.15) is 10.6 Å². The van der Waals surface area contributed by atoms with E-state index in [4.69, 9.17) is 0 Å². The van der Waals surface area contributed by atoms with Crippen molar-refractivity contribution in [2.75, 3.05) is 5.75 Å². The van der Waals surface area contributed by atoms with Crippen LogP contribution in [0.1, 0.15) is 40.5 Å². The van der Waals surface area contributed by atoms with Gasteiger partial charge in [0.15, 0.2) is 0 Å². The van der Waals surface area contributed by atoms with Gasteiger partial charge in [-0.2, -0.15) is 12.6 Å². The molecule has 0 amide bonds. The molecule has 1 aliphatic carbocycles. The number of hydrogen-bond donors (Lipinski definition) is 2. The Morgan fingerprint density at radius 2 is 2.11 bits per heavy atom. The normalized spacial score (nSPS) is 24.8. The van der Waals surface area contributed by atoms with Gasteiger partial charge in [0.2, 0.25) is 0 Å². The first-order valence-corrected chi connectivity index (χ1v) is 8.32. The molecule has 1 rings (SSSR count). The molecule has 110 valence electrons. The van der Waals surface area contributed by atoms with Crippen molar-refractivity contribution in [1.29, 1.82) is 0 Å². The minimum Gasteiger partial charge on any atom is -0.598 e. The molecule has 0 aliphatic heterocycles. The SMILES string of the molecule is CC(C)(C)[S+]([O-])N[C@@](C)(CCS)C1CC=CC=C1F. The van der Waals surface area contributed by atoms with Crippen molar-refractivity contribution in [3.05, 3.63) is 24.1 Å². The number of rotatable bonds is 5. The maximum absolute atomic E-state index is 14.1. The smallest absolute Gasteiger partial charge is 0.136 e. The van der Waals surface area contributed by atoms with Crippen molar-refractivity contribution in [1.82, 2.24) is 4.72 Å². The second-order valence-corrected chi connectivity index (χ2v) is 8.56. The van der Waals surface area contributed by atoms with Gasteiger partial charge >= 0.3 is 0 Å². The molecule has 2 unspecified atom stereocenters. The summed E-state index contributed by atoms with van der Waals surface area (Å²) in [5.41, 5.74) is -0.550. The summed E-state index contributed by atoms with van der Waals surface area (Å²) < 4.78 is 29.1. The van der Waals surface area contributed by atoms with Crippen LogP contribution in [0.4, 0.5) is 4.39 Å². The first-order valence-electron chi connectivity index (χ1n) is 6.53. The Kier molecular flexibility index (Phi) is 5.98. The number of hydrogen-bond acceptors (Lipinski definition) is 3. The second-order valence-electron chi connectivity index (χ2n) is 6.14. The molecule has 1 N–H and O–H groups in total. The Morgan fingerprint density at radius 3 is 2.58 bits per heavy atom. The van der Waals surface area contributed by atoms with E-state index in [1.165, 1.54) is 6.08 Å². The molecule has 1 aliphatic rings. The van der Waals surface area contributed by atoms with Crippen molar-refractivity contribution in [3.63, 3.8) is 0 Å². The topological polar surface area (TPSA) is 35.1 Å². The Morgan fingerprint density at radius 1 is 1.47 bits per heavy atom. The lowest BCUT2D eigenvalue weighted by atomic mass is 9.79. The van der Waals surface area contributed by atoms with Crippen LogP contribution in [0, 0.1) is 5.92 Å². The quantitative estimate of drug-likeness (QED) is 0.602. The maximum atomic E-state index is 14.1. The van der Waals surface area contributed by atoms with Gasteiger partial charge in [-0.25, -0.2) is 4.39 Å². The van der Waals surface area contributed by atoms with E-state index in [2.05, 4.69) is 17.4 Å². The van der Waals surface area contributed by atoms with Crippen molar-refractivity contribution < 1.29 is 8.94 Å². The molecule has 0 aromatic rings. The highest BCUT2D eigenvalue weighted by Gasteiger charge is 2.42. The molecular weight excluding hydrogens is 281 g/mol. The largest absolute Gasteiger partial charge is 0.598 e. The number of allylic oxidation sites excluding steroid dienone is 3. The average Bonchev–Trinajstić information content (AvgIpc) is 2.28. The summed E-state index contributed by atoms with van der Waals surface area (Å²) in [5, 5.41) is 0. The van der Waals surface area contributed by atoms with Crippen LogP contribution in [0.5, 0.6) is 0 Å². The molecule has 5 heteroatoms. The zero-order valence-corrected chi connectivity index (χ0v) is 13.8. The molecule has 0 radical (unpaired) electrons. The Bertz CT molecular complexity index is 365. The highest BCUT2D eigenvalue weighted by Crippen LogP contribution is 2.36. The summed E-state index contributed by atoms with van der Waals surface area (Å²) >= 11 is 3.03. The van der Waals surface area contributed by atoms with E-state index >= 15 is 0 Å². The fourth-order valence-electron chi connectivity index (χ4n) is 2.06. The van der Waals surface area contributed by atoms with Gasteiger partial charge in [0.25, 0.3) is 0 Å².